The second-order valence-electron chi connectivity index (χ2n) is 4.75. The van der Waals surface area contributed by atoms with Gasteiger partial charge in [-0.15, -0.1) is 24.0 Å². The maximum Gasteiger partial charge on any atom is 0.190 e. The lowest BCUT2D eigenvalue weighted by Crippen LogP contribution is -2.41. The van der Waals surface area contributed by atoms with Gasteiger partial charge in [-0.05, 0) is 37.5 Å². The van der Waals surface area contributed by atoms with E-state index in [-0.39, 0.29) is 29.4 Å². The first kappa shape index (κ1) is 16.6. The van der Waals surface area contributed by atoms with Crippen LogP contribution in [0.3, 0.4) is 0 Å². The molecule has 2 rings (SSSR count). The van der Waals surface area contributed by atoms with Crippen LogP contribution in [-0.4, -0.2) is 26.1 Å². The third-order valence-corrected chi connectivity index (χ3v) is 3.69. The Balaban J connectivity index is 0.00000180. The monoisotopic (exact) mass is 393 g/mol. The van der Waals surface area contributed by atoms with Gasteiger partial charge in [-0.1, -0.05) is 23.7 Å². The second-order valence-corrected chi connectivity index (χ2v) is 5.18. The molecular formula is C14H21ClIN3. The Hall–Kier alpha value is -0.490. The van der Waals surface area contributed by atoms with E-state index in [1.807, 2.05) is 12.1 Å². The maximum atomic E-state index is 6.06. The first-order valence-corrected chi connectivity index (χ1v) is 6.78. The van der Waals surface area contributed by atoms with Crippen molar-refractivity contribution in [3.05, 3.63) is 34.9 Å². The van der Waals surface area contributed by atoms with Crippen LogP contribution in [0.15, 0.2) is 29.3 Å². The molecule has 1 aromatic carbocycles. The zero-order valence-corrected chi connectivity index (χ0v) is 14.5. The van der Waals surface area contributed by atoms with E-state index in [1.54, 1.807) is 7.05 Å². The Bertz CT molecular complexity index is 444. The van der Waals surface area contributed by atoms with Gasteiger partial charge in [0.2, 0.25) is 0 Å². The van der Waals surface area contributed by atoms with Crippen LogP contribution in [0.2, 0.25) is 5.02 Å². The fraction of sp³-hybridized carbons (Fsp3) is 0.500. The summed E-state index contributed by atoms with van der Waals surface area (Å²) in [4.78, 5) is 4.19. The number of aliphatic imine (C=N–C) groups is 1. The number of hydrogen-bond donors (Lipinski definition) is 2. The van der Waals surface area contributed by atoms with Crippen LogP contribution in [-0.2, 0) is 5.41 Å². The van der Waals surface area contributed by atoms with Gasteiger partial charge in [0.05, 0.1) is 0 Å². The third kappa shape index (κ3) is 4.24. The van der Waals surface area contributed by atoms with Crippen LogP contribution < -0.4 is 10.6 Å². The van der Waals surface area contributed by atoms with Crippen LogP contribution in [0, 0.1) is 0 Å². The maximum absolute atomic E-state index is 6.06. The molecule has 0 saturated heterocycles. The fourth-order valence-electron chi connectivity index (χ4n) is 2.18. The molecule has 0 spiro atoms. The summed E-state index contributed by atoms with van der Waals surface area (Å²) in [6, 6.07) is 8.19. The largest absolute Gasteiger partial charge is 0.357 e. The van der Waals surface area contributed by atoms with Gasteiger partial charge in [-0.2, -0.15) is 0 Å². The van der Waals surface area contributed by atoms with E-state index in [2.05, 4.69) is 34.7 Å². The van der Waals surface area contributed by atoms with Crippen molar-refractivity contribution in [3.8, 4) is 0 Å². The van der Waals surface area contributed by atoms with Gasteiger partial charge < -0.3 is 10.6 Å². The molecule has 0 atom stereocenters. The van der Waals surface area contributed by atoms with E-state index in [1.165, 1.54) is 18.4 Å². The highest BCUT2D eigenvalue weighted by Crippen LogP contribution is 2.48. The predicted molar refractivity (Wildman–Crippen MR) is 92.8 cm³/mol. The highest BCUT2D eigenvalue weighted by Gasteiger charge is 2.44. The van der Waals surface area contributed by atoms with Gasteiger partial charge in [-0.25, -0.2) is 0 Å². The van der Waals surface area contributed by atoms with Crippen LogP contribution in [0.4, 0.5) is 0 Å². The topological polar surface area (TPSA) is 36.4 Å². The molecule has 0 heterocycles. The summed E-state index contributed by atoms with van der Waals surface area (Å²) in [6.07, 6.45) is 2.42. The molecule has 1 saturated carbocycles. The summed E-state index contributed by atoms with van der Waals surface area (Å²) in [5.41, 5.74) is 1.57. The van der Waals surface area contributed by atoms with Crippen molar-refractivity contribution < 1.29 is 0 Å². The number of nitrogens with zero attached hydrogens (tertiary/aromatic N) is 1. The van der Waals surface area contributed by atoms with Crippen molar-refractivity contribution in [3.63, 3.8) is 0 Å². The van der Waals surface area contributed by atoms with E-state index in [9.17, 15) is 0 Å². The molecule has 0 aliphatic heterocycles. The van der Waals surface area contributed by atoms with Crippen molar-refractivity contribution in [1.29, 1.82) is 0 Å². The minimum absolute atomic E-state index is 0. The first-order chi connectivity index (χ1) is 8.70. The Morgan fingerprint density at radius 2 is 2.11 bits per heavy atom. The minimum Gasteiger partial charge on any atom is -0.357 e. The quantitative estimate of drug-likeness (QED) is 0.468. The summed E-state index contributed by atoms with van der Waals surface area (Å²) in [5, 5.41) is 7.41. The molecule has 0 aromatic heterocycles. The lowest BCUT2D eigenvalue weighted by Gasteiger charge is -2.18. The summed E-state index contributed by atoms with van der Waals surface area (Å²) in [7, 11) is 1.80. The van der Waals surface area contributed by atoms with Gasteiger partial charge in [-0.3, -0.25) is 4.99 Å². The standard InChI is InChI=1S/C14H20ClN3.HI/c1-3-17-13(16-2)18-10-14(7-8-14)11-5-4-6-12(15)9-11;/h4-6,9H,3,7-8,10H2,1-2H3,(H2,16,17,18);1H. The zero-order chi connectivity index (χ0) is 13.0. The number of rotatable bonds is 4. The Labute approximate surface area is 137 Å². The summed E-state index contributed by atoms with van der Waals surface area (Å²) in [6.45, 7) is 3.85. The normalized spacial score (nSPS) is 16.5. The number of halogens is 2. The van der Waals surface area contributed by atoms with Crippen molar-refractivity contribution >= 4 is 41.5 Å². The van der Waals surface area contributed by atoms with Gasteiger partial charge in [0.1, 0.15) is 0 Å². The van der Waals surface area contributed by atoms with Gasteiger partial charge in [0.15, 0.2) is 5.96 Å². The Morgan fingerprint density at radius 3 is 2.63 bits per heavy atom. The Kier molecular flexibility index (Phi) is 6.39. The highest BCUT2D eigenvalue weighted by atomic mass is 127. The van der Waals surface area contributed by atoms with Gasteiger partial charge >= 0.3 is 0 Å². The highest BCUT2D eigenvalue weighted by molar-refractivity contribution is 14.0. The molecule has 1 fully saturated rings. The van der Waals surface area contributed by atoms with Crippen molar-refractivity contribution in [2.24, 2.45) is 4.99 Å². The van der Waals surface area contributed by atoms with Crippen LogP contribution in [0.5, 0.6) is 0 Å². The van der Waals surface area contributed by atoms with E-state index in [4.69, 9.17) is 11.6 Å². The van der Waals surface area contributed by atoms with E-state index < -0.39 is 0 Å². The summed E-state index contributed by atoms with van der Waals surface area (Å²) >= 11 is 6.06. The van der Waals surface area contributed by atoms with Crippen LogP contribution >= 0.6 is 35.6 Å². The van der Waals surface area contributed by atoms with Crippen molar-refractivity contribution in [2.45, 2.75) is 25.2 Å². The van der Waals surface area contributed by atoms with Crippen LogP contribution in [0.1, 0.15) is 25.3 Å². The van der Waals surface area contributed by atoms with Crippen LogP contribution in [0.25, 0.3) is 0 Å². The Morgan fingerprint density at radius 1 is 1.37 bits per heavy atom. The minimum atomic E-state index is 0. The van der Waals surface area contributed by atoms with E-state index in [0.29, 0.717) is 0 Å². The molecular weight excluding hydrogens is 373 g/mol. The molecule has 106 valence electrons. The molecule has 1 aromatic rings. The SMILES string of the molecule is CCNC(=NC)NCC1(c2cccc(Cl)c2)CC1.I. The van der Waals surface area contributed by atoms with Crippen molar-refractivity contribution in [1.82, 2.24) is 10.6 Å². The van der Waals surface area contributed by atoms with Gasteiger partial charge in [0, 0.05) is 30.6 Å². The smallest absolute Gasteiger partial charge is 0.190 e. The average molecular weight is 394 g/mol. The molecule has 5 heteroatoms. The lowest BCUT2D eigenvalue weighted by molar-refractivity contribution is 0.648. The molecule has 0 unspecified atom stereocenters. The summed E-state index contributed by atoms with van der Waals surface area (Å²) < 4.78 is 0. The van der Waals surface area contributed by atoms with Gasteiger partial charge in [0.25, 0.3) is 0 Å². The predicted octanol–water partition coefficient (Wildman–Crippen LogP) is 3.17. The van der Waals surface area contributed by atoms with Crippen molar-refractivity contribution in [2.75, 3.05) is 20.1 Å². The number of nitrogens with one attached hydrogen (secondary N) is 2. The number of guanidine groups is 1. The average Bonchev–Trinajstić information content (AvgIpc) is 3.16. The van der Waals surface area contributed by atoms with E-state index >= 15 is 0 Å². The zero-order valence-electron chi connectivity index (χ0n) is 11.4. The number of hydrogen-bond acceptors (Lipinski definition) is 1. The second kappa shape index (κ2) is 7.33. The molecule has 0 radical (unpaired) electrons. The molecule has 1 aliphatic carbocycles. The summed E-state index contributed by atoms with van der Waals surface area (Å²) in [5.74, 6) is 0.866. The third-order valence-electron chi connectivity index (χ3n) is 3.45. The molecule has 19 heavy (non-hydrogen) atoms. The fourth-order valence-corrected chi connectivity index (χ4v) is 2.37. The number of benzene rings is 1. The molecule has 0 bridgehead atoms. The van der Waals surface area contributed by atoms with E-state index in [0.717, 1.165) is 24.1 Å². The first-order valence-electron chi connectivity index (χ1n) is 6.41. The molecule has 2 N–H and O–H groups in total. The molecule has 0 amide bonds. The molecule has 3 nitrogen and oxygen atoms in total. The lowest BCUT2D eigenvalue weighted by atomic mass is 9.96. The molecule has 1 aliphatic rings.